The quantitative estimate of drug-likeness (QED) is 0.875. The third-order valence-corrected chi connectivity index (χ3v) is 4.58. The van der Waals surface area contributed by atoms with Crippen LogP contribution in [-0.2, 0) is 10.2 Å². The van der Waals surface area contributed by atoms with Gasteiger partial charge in [-0.25, -0.2) is 0 Å². The van der Waals surface area contributed by atoms with Crippen LogP contribution in [0.5, 0.6) is 5.75 Å². The van der Waals surface area contributed by atoms with Crippen molar-refractivity contribution in [3.05, 3.63) is 29.8 Å². The largest absolute Gasteiger partial charge is 0.491 e. The number of benzene rings is 1. The highest BCUT2D eigenvalue weighted by Crippen LogP contribution is 2.24. The van der Waals surface area contributed by atoms with E-state index in [-0.39, 0.29) is 23.4 Å². The Morgan fingerprint density at radius 1 is 1.41 bits per heavy atom. The predicted octanol–water partition coefficient (Wildman–Crippen LogP) is 2.53. The van der Waals surface area contributed by atoms with E-state index in [0.717, 1.165) is 17.4 Å². The smallest absolute Gasteiger partial charge is 0.238 e. The number of carbonyl (C=O) groups is 1. The van der Waals surface area contributed by atoms with Crippen molar-refractivity contribution in [3.8, 4) is 5.75 Å². The number of hydrogen-bond donors (Lipinski definition) is 2. The maximum absolute atomic E-state index is 12.0. The van der Waals surface area contributed by atoms with Gasteiger partial charge in [0.2, 0.25) is 5.91 Å². The van der Waals surface area contributed by atoms with Crippen LogP contribution in [0.15, 0.2) is 24.3 Å². The SMILES string of the molecule is CC(COc1ccc(C(C)(C)C)cc1)NC(=O)C1CSCN1. The number of hydrogen-bond acceptors (Lipinski definition) is 4. The van der Waals surface area contributed by atoms with Crippen molar-refractivity contribution in [3.63, 3.8) is 0 Å². The minimum atomic E-state index is -0.0708. The second-order valence-electron chi connectivity index (χ2n) is 6.77. The minimum Gasteiger partial charge on any atom is -0.491 e. The van der Waals surface area contributed by atoms with Crippen LogP contribution >= 0.6 is 11.8 Å². The summed E-state index contributed by atoms with van der Waals surface area (Å²) in [5.41, 5.74) is 1.43. The first-order chi connectivity index (χ1) is 10.4. The molecule has 2 rings (SSSR count). The molecule has 0 saturated carbocycles. The molecule has 1 aromatic carbocycles. The first-order valence-corrected chi connectivity index (χ1v) is 8.86. The van der Waals surface area contributed by atoms with Crippen LogP contribution in [0.25, 0.3) is 0 Å². The summed E-state index contributed by atoms with van der Waals surface area (Å²) < 4.78 is 5.76. The van der Waals surface area contributed by atoms with Gasteiger partial charge in [0.25, 0.3) is 0 Å². The average Bonchev–Trinajstić information content (AvgIpc) is 2.99. The molecule has 0 bridgehead atoms. The molecule has 5 heteroatoms. The maximum atomic E-state index is 12.0. The van der Waals surface area contributed by atoms with E-state index in [0.29, 0.717) is 6.61 Å². The Hall–Kier alpha value is -1.20. The fourth-order valence-corrected chi connectivity index (χ4v) is 3.16. The molecule has 0 radical (unpaired) electrons. The Morgan fingerprint density at radius 3 is 2.64 bits per heavy atom. The monoisotopic (exact) mass is 322 g/mol. The topological polar surface area (TPSA) is 50.4 Å². The highest BCUT2D eigenvalue weighted by atomic mass is 32.2. The third-order valence-electron chi connectivity index (χ3n) is 3.64. The Kier molecular flexibility index (Phi) is 5.75. The molecule has 2 atom stereocenters. The molecule has 1 fully saturated rings. The molecule has 1 heterocycles. The minimum absolute atomic E-state index is 0.0119. The van der Waals surface area contributed by atoms with E-state index in [4.69, 9.17) is 4.74 Å². The van der Waals surface area contributed by atoms with Gasteiger partial charge in [-0.3, -0.25) is 10.1 Å². The van der Waals surface area contributed by atoms with Crippen molar-refractivity contribution >= 4 is 17.7 Å². The summed E-state index contributed by atoms with van der Waals surface area (Å²) in [5.74, 6) is 2.59. The molecule has 1 aromatic rings. The number of thioether (sulfide) groups is 1. The molecule has 1 amide bonds. The van der Waals surface area contributed by atoms with E-state index in [1.807, 2.05) is 19.1 Å². The first-order valence-electron chi connectivity index (χ1n) is 7.71. The Balaban J connectivity index is 1.78. The average molecular weight is 322 g/mol. The summed E-state index contributed by atoms with van der Waals surface area (Å²) in [7, 11) is 0. The van der Waals surface area contributed by atoms with Gasteiger partial charge in [-0.1, -0.05) is 32.9 Å². The summed E-state index contributed by atoms with van der Waals surface area (Å²) in [6.07, 6.45) is 0. The lowest BCUT2D eigenvalue weighted by Gasteiger charge is -2.20. The van der Waals surface area contributed by atoms with Crippen molar-refractivity contribution in [2.24, 2.45) is 0 Å². The number of ether oxygens (including phenoxy) is 1. The van der Waals surface area contributed by atoms with Gasteiger partial charge >= 0.3 is 0 Å². The summed E-state index contributed by atoms with van der Waals surface area (Å²) in [5, 5.41) is 6.15. The van der Waals surface area contributed by atoms with Crippen molar-refractivity contribution < 1.29 is 9.53 Å². The first kappa shape index (κ1) is 17.2. The molecule has 0 spiro atoms. The van der Waals surface area contributed by atoms with Gasteiger partial charge in [0.15, 0.2) is 0 Å². The van der Waals surface area contributed by atoms with Crippen LogP contribution in [0, 0.1) is 0 Å². The second-order valence-corrected chi connectivity index (χ2v) is 7.80. The molecule has 1 aliphatic rings. The Bertz CT molecular complexity index is 490. The van der Waals surface area contributed by atoms with E-state index in [1.54, 1.807) is 11.8 Å². The molecule has 1 saturated heterocycles. The van der Waals surface area contributed by atoms with Gasteiger partial charge in [-0.2, -0.15) is 0 Å². The summed E-state index contributed by atoms with van der Waals surface area (Å²) in [6.45, 7) is 9.01. The lowest BCUT2D eigenvalue weighted by molar-refractivity contribution is -0.123. The van der Waals surface area contributed by atoms with Gasteiger partial charge in [-0.05, 0) is 30.0 Å². The van der Waals surface area contributed by atoms with Gasteiger partial charge in [0.1, 0.15) is 12.4 Å². The zero-order chi connectivity index (χ0) is 16.2. The fourth-order valence-electron chi connectivity index (χ4n) is 2.22. The van der Waals surface area contributed by atoms with Gasteiger partial charge < -0.3 is 10.1 Å². The molecular formula is C17H26N2O2S. The van der Waals surface area contributed by atoms with E-state index in [1.165, 1.54) is 5.56 Å². The van der Waals surface area contributed by atoms with E-state index in [2.05, 4.69) is 43.5 Å². The highest BCUT2D eigenvalue weighted by Gasteiger charge is 2.23. The summed E-state index contributed by atoms with van der Waals surface area (Å²) in [4.78, 5) is 12.0. The van der Waals surface area contributed by atoms with E-state index in [9.17, 15) is 4.79 Å². The van der Waals surface area contributed by atoms with Crippen LogP contribution in [0.1, 0.15) is 33.3 Å². The lowest BCUT2D eigenvalue weighted by atomic mass is 9.87. The number of nitrogens with one attached hydrogen (secondary N) is 2. The number of amides is 1. The van der Waals surface area contributed by atoms with E-state index < -0.39 is 0 Å². The van der Waals surface area contributed by atoms with Crippen LogP contribution in [-0.4, -0.2) is 36.2 Å². The molecule has 0 aliphatic carbocycles. The van der Waals surface area contributed by atoms with Crippen LogP contribution in [0.2, 0.25) is 0 Å². The lowest BCUT2D eigenvalue weighted by Crippen LogP contribution is -2.47. The molecule has 122 valence electrons. The van der Waals surface area contributed by atoms with Crippen LogP contribution in [0.3, 0.4) is 0 Å². The van der Waals surface area contributed by atoms with Crippen LogP contribution in [0.4, 0.5) is 0 Å². The third kappa shape index (κ3) is 4.92. The van der Waals surface area contributed by atoms with Crippen LogP contribution < -0.4 is 15.4 Å². The van der Waals surface area contributed by atoms with E-state index >= 15 is 0 Å². The normalized spacial score (nSPS) is 19.7. The summed E-state index contributed by atoms with van der Waals surface area (Å²) >= 11 is 1.75. The van der Waals surface area contributed by atoms with Crippen molar-refractivity contribution in [2.45, 2.75) is 45.2 Å². The van der Waals surface area contributed by atoms with Gasteiger partial charge in [0.05, 0.1) is 12.1 Å². The number of rotatable bonds is 5. The zero-order valence-corrected chi connectivity index (χ0v) is 14.6. The van der Waals surface area contributed by atoms with Gasteiger partial charge in [-0.15, -0.1) is 11.8 Å². The maximum Gasteiger partial charge on any atom is 0.238 e. The number of carbonyl (C=O) groups excluding carboxylic acids is 1. The van der Waals surface area contributed by atoms with Crippen molar-refractivity contribution in [1.29, 1.82) is 0 Å². The molecule has 1 aliphatic heterocycles. The predicted molar refractivity (Wildman–Crippen MR) is 92.5 cm³/mol. The standard InChI is InChI=1S/C17H26N2O2S/c1-12(19-16(20)15-10-22-11-18-15)9-21-14-7-5-13(6-8-14)17(2,3)4/h5-8,12,15,18H,9-11H2,1-4H3,(H,19,20). The molecule has 2 unspecified atom stereocenters. The molecular weight excluding hydrogens is 296 g/mol. The Morgan fingerprint density at radius 2 is 2.09 bits per heavy atom. The fraction of sp³-hybridized carbons (Fsp3) is 0.588. The molecule has 0 aromatic heterocycles. The molecule has 2 N–H and O–H groups in total. The highest BCUT2D eigenvalue weighted by molar-refractivity contribution is 7.99. The second kappa shape index (κ2) is 7.38. The molecule has 4 nitrogen and oxygen atoms in total. The Labute approximate surface area is 137 Å². The van der Waals surface area contributed by atoms with Crippen molar-refractivity contribution in [2.75, 3.05) is 18.2 Å². The molecule has 22 heavy (non-hydrogen) atoms. The van der Waals surface area contributed by atoms with Gasteiger partial charge in [0, 0.05) is 11.6 Å². The summed E-state index contributed by atoms with van der Waals surface area (Å²) in [6, 6.07) is 8.09. The van der Waals surface area contributed by atoms with Crippen molar-refractivity contribution in [1.82, 2.24) is 10.6 Å². The zero-order valence-electron chi connectivity index (χ0n) is 13.8.